The number of alkyl halides is 1. The lowest BCUT2D eigenvalue weighted by Crippen LogP contribution is -2.43. The van der Waals surface area contributed by atoms with Crippen molar-refractivity contribution in [1.82, 2.24) is 19.9 Å². The number of fused-ring (bicyclic) bond motifs is 5. The molecule has 6 bridgehead atoms. The third-order valence-electron chi connectivity index (χ3n) is 10.2. The molecular weight excluding hydrogens is 599 g/mol. The number of aryl methyl sites for hydroxylation is 1. The van der Waals surface area contributed by atoms with Gasteiger partial charge in [-0.15, -0.1) is 0 Å². The van der Waals surface area contributed by atoms with E-state index in [9.17, 15) is 14.6 Å². The number of halogens is 3. The number of aromatic nitrogens is 3. The van der Waals surface area contributed by atoms with Gasteiger partial charge >= 0.3 is 6.01 Å². The van der Waals surface area contributed by atoms with Gasteiger partial charge in [0.2, 0.25) is 0 Å². The summed E-state index contributed by atoms with van der Waals surface area (Å²) < 4.78 is 59.3. The third-order valence-corrected chi connectivity index (χ3v) is 10.2. The second-order valence-electron chi connectivity index (χ2n) is 13.2. The van der Waals surface area contributed by atoms with Gasteiger partial charge in [0, 0.05) is 44.4 Å². The van der Waals surface area contributed by atoms with Crippen LogP contribution in [0.5, 0.6) is 11.8 Å². The fraction of sp³-hybridized carbons (Fsp3) is 0.500. The molecule has 9 rings (SSSR count). The third kappa shape index (κ3) is 5.10. The van der Waals surface area contributed by atoms with Gasteiger partial charge in [-0.1, -0.05) is 6.07 Å². The van der Waals surface area contributed by atoms with Crippen LogP contribution < -0.4 is 9.64 Å². The van der Waals surface area contributed by atoms with Gasteiger partial charge in [0.15, 0.2) is 5.82 Å². The van der Waals surface area contributed by atoms with Crippen molar-refractivity contribution in [2.24, 2.45) is 0 Å². The number of nitrogens with zero attached hydrogens (tertiary/aromatic N) is 5. The standard InChI is InChI=1S/C34H36F3N5O4/c35-20-13-34(8-2-9-42(34)15-20)18-46-33-39-31-26-14-38-30(29(31)37)25-12-22(44)11-19-4-7-27(36)24(28(19)25)3-1-10-45-23-6-5-21(43)16-41(17-23)32(26)40-33/h4,7,11-12,14,20-21,23,43-44H,1-3,5-6,8-10,13,15-18H2/t20-,21-,23+,34+/m1/s1. The minimum Gasteiger partial charge on any atom is -0.508 e. The van der Waals surface area contributed by atoms with Crippen LogP contribution in [0.4, 0.5) is 19.0 Å². The van der Waals surface area contributed by atoms with E-state index in [1.807, 2.05) is 4.90 Å². The molecule has 2 aromatic heterocycles. The summed E-state index contributed by atoms with van der Waals surface area (Å²) in [7, 11) is 0. The average Bonchev–Trinajstić information content (AvgIpc) is 3.48. The summed E-state index contributed by atoms with van der Waals surface area (Å²) in [6.45, 7) is 2.29. The first-order valence-electron chi connectivity index (χ1n) is 16.2. The van der Waals surface area contributed by atoms with Crippen molar-refractivity contribution >= 4 is 27.5 Å². The van der Waals surface area contributed by atoms with E-state index in [-0.39, 0.29) is 47.8 Å². The first kappa shape index (κ1) is 29.6. The van der Waals surface area contributed by atoms with Crippen molar-refractivity contribution in [3.63, 3.8) is 0 Å². The molecule has 5 aliphatic rings. The maximum atomic E-state index is 16.9. The number of hydrogen-bond donors (Lipinski definition) is 2. The molecule has 0 spiro atoms. The van der Waals surface area contributed by atoms with Crippen LogP contribution >= 0.6 is 0 Å². The van der Waals surface area contributed by atoms with E-state index >= 15 is 8.78 Å². The summed E-state index contributed by atoms with van der Waals surface area (Å²) in [6.07, 6.45) is 3.65. The molecule has 4 atom stereocenters. The Bertz CT molecular complexity index is 1830. The number of phenolic OH excluding ortho intramolecular Hbond substituents is 1. The molecule has 4 aromatic rings. The number of aromatic hydroxyl groups is 1. The topological polar surface area (TPSA) is 104 Å². The van der Waals surface area contributed by atoms with Crippen molar-refractivity contribution in [2.75, 3.05) is 44.3 Å². The van der Waals surface area contributed by atoms with Crippen LogP contribution in [0.3, 0.4) is 0 Å². The van der Waals surface area contributed by atoms with Crippen LogP contribution in [-0.2, 0) is 11.2 Å². The van der Waals surface area contributed by atoms with E-state index in [0.29, 0.717) is 79.3 Å². The summed E-state index contributed by atoms with van der Waals surface area (Å²) >= 11 is 0. The summed E-state index contributed by atoms with van der Waals surface area (Å²) in [5.74, 6) is -0.957. The first-order chi connectivity index (χ1) is 22.3. The zero-order valence-electron chi connectivity index (χ0n) is 25.4. The smallest absolute Gasteiger partial charge is 0.319 e. The number of rotatable bonds is 3. The molecule has 5 aliphatic heterocycles. The molecule has 46 heavy (non-hydrogen) atoms. The van der Waals surface area contributed by atoms with Crippen LogP contribution in [0.1, 0.15) is 44.1 Å². The monoisotopic (exact) mass is 635 g/mol. The highest BCUT2D eigenvalue weighted by molar-refractivity contribution is 6.01. The molecule has 7 heterocycles. The van der Waals surface area contributed by atoms with Crippen LogP contribution in [0.15, 0.2) is 30.5 Å². The number of phenols is 1. The minimum absolute atomic E-state index is 0.0545. The largest absolute Gasteiger partial charge is 0.508 e. The molecular formula is C34H36F3N5O4. The van der Waals surface area contributed by atoms with Gasteiger partial charge in [0.05, 0.1) is 23.1 Å². The lowest BCUT2D eigenvalue weighted by molar-refractivity contribution is 0.0484. The fourth-order valence-electron chi connectivity index (χ4n) is 8.04. The van der Waals surface area contributed by atoms with Gasteiger partial charge in [-0.05, 0) is 79.6 Å². The van der Waals surface area contributed by atoms with Crippen molar-refractivity contribution in [3.05, 3.63) is 47.7 Å². The van der Waals surface area contributed by atoms with E-state index in [4.69, 9.17) is 14.5 Å². The molecule has 12 heteroatoms. The quantitative estimate of drug-likeness (QED) is 0.319. The fourth-order valence-corrected chi connectivity index (χ4v) is 8.04. The SMILES string of the molecule is Oc1cc2c3c(c(F)ccc3c1)CCCO[C@H]1CC[C@@H](O)CN(C1)c1nc(OC[C@@]34CCCN3C[C@H](F)C4)nc3c(F)c-2ncc13. The number of aliphatic hydroxyl groups excluding tert-OH is 1. The Labute approximate surface area is 264 Å². The van der Waals surface area contributed by atoms with E-state index in [1.165, 1.54) is 24.4 Å². The molecule has 0 aliphatic carbocycles. The molecule has 0 radical (unpaired) electrons. The first-order valence-corrected chi connectivity index (χ1v) is 16.2. The van der Waals surface area contributed by atoms with Crippen molar-refractivity contribution in [2.45, 2.75) is 68.9 Å². The lowest BCUT2D eigenvalue weighted by Gasteiger charge is -2.31. The Morgan fingerprint density at radius 3 is 2.87 bits per heavy atom. The second kappa shape index (κ2) is 11.5. The minimum atomic E-state index is -0.937. The zero-order valence-corrected chi connectivity index (χ0v) is 25.4. The Kier molecular flexibility index (Phi) is 7.41. The van der Waals surface area contributed by atoms with Gasteiger partial charge in [0.25, 0.3) is 0 Å². The predicted molar refractivity (Wildman–Crippen MR) is 166 cm³/mol. The van der Waals surface area contributed by atoms with E-state index in [2.05, 4.69) is 14.9 Å². The summed E-state index contributed by atoms with van der Waals surface area (Å²) in [4.78, 5) is 17.8. The van der Waals surface area contributed by atoms with Crippen LogP contribution in [0.2, 0.25) is 0 Å². The molecule has 3 fully saturated rings. The molecule has 0 saturated carbocycles. The van der Waals surface area contributed by atoms with E-state index in [0.717, 1.165) is 19.4 Å². The van der Waals surface area contributed by atoms with Crippen molar-refractivity contribution in [3.8, 4) is 23.0 Å². The summed E-state index contributed by atoms with van der Waals surface area (Å²) in [5.41, 5.74) is 0.0246. The lowest BCUT2D eigenvalue weighted by atomic mass is 9.93. The molecule has 2 N–H and O–H groups in total. The number of hydrogen-bond acceptors (Lipinski definition) is 9. The number of ether oxygens (including phenoxy) is 2. The highest BCUT2D eigenvalue weighted by atomic mass is 19.1. The zero-order chi connectivity index (χ0) is 31.6. The molecule has 9 nitrogen and oxygen atoms in total. The molecule has 2 aromatic carbocycles. The predicted octanol–water partition coefficient (Wildman–Crippen LogP) is 5.08. The van der Waals surface area contributed by atoms with E-state index in [1.54, 1.807) is 6.07 Å². The highest BCUT2D eigenvalue weighted by Gasteiger charge is 2.49. The second-order valence-corrected chi connectivity index (χ2v) is 13.2. The maximum Gasteiger partial charge on any atom is 0.319 e. The van der Waals surface area contributed by atoms with Crippen LogP contribution in [0.25, 0.3) is 32.9 Å². The average molecular weight is 636 g/mol. The number of benzene rings is 2. The molecule has 242 valence electrons. The van der Waals surface area contributed by atoms with Gasteiger partial charge in [-0.25, -0.2) is 13.2 Å². The Morgan fingerprint density at radius 2 is 1.98 bits per heavy atom. The Balaban J connectivity index is 1.32. The van der Waals surface area contributed by atoms with Crippen LogP contribution in [0, 0.1) is 11.6 Å². The maximum absolute atomic E-state index is 16.9. The normalized spacial score (nSPS) is 26.8. The van der Waals surface area contributed by atoms with Crippen LogP contribution in [-0.4, -0.2) is 93.4 Å². The Hall–Kier alpha value is -3.74. The summed E-state index contributed by atoms with van der Waals surface area (Å²) in [6, 6.07) is 5.79. The van der Waals surface area contributed by atoms with Crippen molar-refractivity contribution < 1.29 is 32.9 Å². The molecule has 0 unspecified atom stereocenters. The van der Waals surface area contributed by atoms with E-state index < -0.39 is 29.4 Å². The molecule has 3 saturated heterocycles. The summed E-state index contributed by atoms with van der Waals surface area (Å²) in [5, 5.41) is 22.8. The van der Waals surface area contributed by atoms with Crippen molar-refractivity contribution in [1.29, 1.82) is 0 Å². The number of anilines is 1. The highest BCUT2D eigenvalue weighted by Crippen LogP contribution is 2.42. The van der Waals surface area contributed by atoms with Gasteiger partial charge in [-0.3, -0.25) is 9.88 Å². The van der Waals surface area contributed by atoms with Gasteiger partial charge < -0.3 is 24.6 Å². The number of pyridine rings is 1. The molecule has 0 amide bonds. The van der Waals surface area contributed by atoms with Gasteiger partial charge in [-0.2, -0.15) is 9.97 Å². The van der Waals surface area contributed by atoms with Gasteiger partial charge in [0.1, 0.15) is 41.4 Å². The number of aliphatic hydroxyl groups is 1. The Morgan fingerprint density at radius 1 is 1.09 bits per heavy atom.